The molecule has 0 aromatic heterocycles. The highest BCUT2D eigenvalue weighted by molar-refractivity contribution is 6.09. The Morgan fingerprint density at radius 2 is 1.93 bits per heavy atom. The molecule has 0 aliphatic rings. The van der Waals surface area contributed by atoms with Crippen LogP contribution in [0.5, 0.6) is 11.5 Å². The second-order valence-corrected chi connectivity index (χ2v) is 6.18. The van der Waals surface area contributed by atoms with Gasteiger partial charge in [0, 0.05) is 42.2 Å². The van der Waals surface area contributed by atoms with Gasteiger partial charge in [0.2, 0.25) is 0 Å². The van der Waals surface area contributed by atoms with E-state index in [1.54, 1.807) is 25.3 Å². The predicted molar refractivity (Wildman–Crippen MR) is 116 cm³/mol. The molecule has 29 heavy (non-hydrogen) atoms. The lowest BCUT2D eigenvalue weighted by molar-refractivity contribution is -0.112. The number of benzene rings is 2. The maximum Gasteiger partial charge on any atom is 0.266 e. The summed E-state index contributed by atoms with van der Waals surface area (Å²) in [6.07, 6.45) is 1.53. The summed E-state index contributed by atoms with van der Waals surface area (Å²) in [5.41, 5.74) is 2.24. The van der Waals surface area contributed by atoms with Gasteiger partial charge in [0.25, 0.3) is 5.91 Å². The Labute approximate surface area is 172 Å². The van der Waals surface area contributed by atoms with Crippen molar-refractivity contribution in [3.63, 3.8) is 0 Å². The Bertz CT molecular complexity index is 912. The molecule has 1 amide bonds. The van der Waals surface area contributed by atoms with Crippen molar-refractivity contribution < 1.29 is 14.3 Å². The molecule has 0 unspecified atom stereocenters. The SMILES string of the molecule is CCOc1cccc(NC(=O)/C(C#N)=C/c2ccc(N(CC)CC)cc2OC)c1. The fourth-order valence-electron chi connectivity index (χ4n) is 2.94. The Hall–Kier alpha value is -3.46. The number of hydrogen-bond donors (Lipinski definition) is 1. The van der Waals surface area contributed by atoms with Crippen molar-refractivity contribution in [2.24, 2.45) is 0 Å². The van der Waals surface area contributed by atoms with Gasteiger partial charge >= 0.3 is 0 Å². The fraction of sp³-hybridized carbons (Fsp3) is 0.304. The number of rotatable bonds is 9. The van der Waals surface area contributed by atoms with Crippen LogP contribution in [0.25, 0.3) is 6.08 Å². The van der Waals surface area contributed by atoms with Crippen molar-refractivity contribution in [3.8, 4) is 17.6 Å². The number of nitriles is 1. The molecule has 0 saturated carbocycles. The van der Waals surface area contributed by atoms with Gasteiger partial charge in [0.05, 0.1) is 13.7 Å². The highest BCUT2D eigenvalue weighted by atomic mass is 16.5. The van der Waals surface area contributed by atoms with Crippen LogP contribution in [-0.4, -0.2) is 32.7 Å². The van der Waals surface area contributed by atoms with Gasteiger partial charge in [-0.25, -0.2) is 0 Å². The van der Waals surface area contributed by atoms with Gasteiger partial charge < -0.3 is 19.7 Å². The van der Waals surface area contributed by atoms with Crippen molar-refractivity contribution >= 4 is 23.4 Å². The smallest absolute Gasteiger partial charge is 0.266 e. The molecule has 0 aliphatic carbocycles. The second-order valence-electron chi connectivity index (χ2n) is 6.18. The highest BCUT2D eigenvalue weighted by Crippen LogP contribution is 2.28. The Kier molecular flexibility index (Phi) is 8.11. The number of nitrogens with zero attached hydrogens (tertiary/aromatic N) is 2. The number of methoxy groups -OCH3 is 1. The molecule has 6 nitrogen and oxygen atoms in total. The van der Waals surface area contributed by atoms with Crippen LogP contribution in [0.4, 0.5) is 11.4 Å². The number of ether oxygens (including phenoxy) is 2. The molecule has 0 radical (unpaired) electrons. The van der Waals surface area contributed by atoms with E-state index in [4.69, 9.17) is 9.47 Å². The summed E-state index contributed by atoms with van der Waals surface area (Å²) in [5.74, 6) is 0.769. The molecule has 0 atom stereocenters. The third-order valence-corrected chi connectivity index (χ3v) is 4.41. The van der Waals surface area contributed by atoms with E-state index in [1.165, 1.54) is 6.08 Å². The topological polar surface area (TPSA) is 74.6 Å². The monoisotopic (exact) mass is 393 g/mol. The lowest BCUT2D eigenvalue weighted by Crippen LogP contribution is -2.21. The largest absolute Gasteiger partial charge is 0.496 e. The number of carbonyl (C=O) groups is 1. The molecule has 6 heteroatoms. The standard InChI is InChI=1S/C23H27N3O3/c1-5-26(6-2)20-12-11-17(22(15-20)28-4)13-18(16-24)23(27)25-19-9-8-10-21(14-19)29-7-3/h8-15H,5-7H2,1-4H3,(H,25,27)/b18-13+. The van der Waals surface area contributed by atoms with E-state index in [-0.39, 0.29) is 5.57 Å². The average Bonchev–Trinajstić information content (AvgIpc) is 2.73. The van der Waals surface area contributed by atoms with Crippen LogP contribution in [-0.2, 0) is 4.79 Å². The van der Waals surface area contributed by atoms with Crippen LogP contribution >= 0.6 is 0 Å². The minimum Gasteiger partial charge on any atom is -0.496 e. The van der Waals surface area contributed by atoms with Crippen LogP contribution in [0.3, 0.4) is 0 Å². The summed E-state index contributed by atoms with van der Waals surface area (Å²) in [5, 5.41) is 12.2. The average molecular weight is 393 g/mol. The summed E-state index contributed by atoms with van der Waals surface area (Å²) in [6, 6.07) is 14.8. The van der Waals surface area contributed by atoms with Crippen molar-refractivity contribution in [1.82, 2.24) is 0 Å². The van der Waals surface area contributed by atoms with Gasteiger partial charge in [0.15, 0.2) is 0 Å². The minimum atomic E-state index is -0.490. The van der Waals surface area contributed by atoms with E-state index in [9.17, 15) is 10.1 Å². The maximum atomic E-state index is 12.6. The first kappa shape index (κ1) is 21.8. The summed E-state index contributed by atoms with van der Waals surface area (Å²) in [7, 11) is 1.57. The van der Waals surface area contributed by atoms with Crippen LogP contribution in [0.15, 0.2) is 48.0 Å². The first-order valence-electron chi connectivity index (χ1n) is 9.65. The van der Waals surface area contributed by atoms with Crippen molar-refractivity contribution in [3.05, 3.63) is 53.6 Å². The number of nitrogens with one attached hydrogen (secondary N) is 1. The van der Waals surface area contributed by atoms with Gasteiger partial charge in [-0.3, -0.25) is 4.79 Å². The van der Waals surface area contributed by atoms with Crippen molar-refractivity contribution in [2.45, 2.75) is 20.8 Å². The van der Waals surface area contributed by atoms with E-state index in [0.717, 1.165) is 18.8 Å². The Morgan fingerprint density at radius 3 is 2.55 bits per heavy atom. The Balaban J connectivity index is 2.27. The first-order chi connectivity index (χ1) is 14.1. The predicted octanol–water partition coefficient (Wildman–Crippen LogP) is 4.49. The molecular weight excluding hydrogens is 366 g/mol. The van der Waals surface area contributed by atoms with Gasteiger partial charge in [-0.15, -0.1) is 0 Å². The summed E-state index contributed by atoms with van der Waals surface area (Å²) in [6.45, 7) is 8.35. The maximum absolute atomic E-state index is 12.6. The van der Waals surface area contributed by atoms with E-state index >= 15 is 0 Å². The quantitative estimate of drug-likeness (QED) is 0.502. The summed E-state index contributed by atoms with van der Waals surface area (Å²) in [4.78, 5) is 14.8. The zero-order chi connectivity index (χ0) is 21.2. The normalized spacial score (nSPS) is 10.8. The second kappa shape index (κ2) is 10.8. The van der Waals surface area contributed by atoms with Crippen LogP contribution in [0.2, 0.25) is 0 Å². The third kappa shape index (κ3) is 5.76. The van der Waals surface area contributed by atoms with Crippen molar-refractivity contribution in [1.29, 1.82) is 5.26 Å². The van der Waals surface area contributed by atoms with E-state index in [1.807, 2.05) is 37.3 Å². The molecule has 2 aromatic rings. The molecule has 0 aliphatic heterocycles. The first-order valence-corrected chi connectivity index (χ1v) is 9.65. The fourth-order valence-corrected chi connectivity index (χ4v) is 2.94. The molecule has 0 saturated heterocycles. The van der Waals surface area contributed by atoms with Gasteiger partial charge in [0.1, 0.15) is 23.1 Å². The number of anilines is 2. The zero-order valence-electron chi connectivity index (χ0n) is 17.4. The Morgan fingerprint density at radius 1 is 1.17 bits per heavy atom. The van der Waals surface area contributed by atoms with E-state index in [0.29, 0.717) is 29.4 Å². The number of carbonyl (C=O) groups excluding carboxylic acids is 1. The van der Waals surface area contributed by atoms with Crippen LogP contribution in [0.1, 0.15) is 26.3 Å². The van der Waals surface area contributed by atoms with Crippen LogP contribution < -0.4 is 19.7 Å². The summed E-state index contributed by atoms with van der Waals surface area (Å²) >= 11 is 0. The highest BCUT2D eigenvalue weighted by Gasteiger charge is 2.13. The van der Waals surface area contributed by atoms with Crippen molar-refractivity contribution in [2.75, 3.05) is 37.0 Å². The third-order valence-electron chi connectivity index (χ3n) is 4.41. The number of hydrogen-bond acceptors (Lipinski definition) is 5. The summed E-state index contributed by atoms with van der Waals surface area (Å²) < 4.78 is 10.9. The lowest BCUT2D eigenvalue weighted by Gasteiger charge is -2.22. The van der Waals surface area contributed by atoms with E-state index < -0.39 is 5.91 Å². The van der Waals surface area contributed by atoms with Gasteiger partial charge in [-0.05, 0) is 51.1 Å². The van der Waals surface area contributed by atoms with Crippen LogP contribution in [0, 0.1) is 11.3 Å². The molecule has 0 fully saturated rings. The molecule has 2 aromatic carbocycles. The zero-order valence-corrected chi connectivity index (χ0v) is 17.4. The lowest BCUT2D eigenvalue weighted by atomic mass is 10.1. The molecule has 0 heterocycles. The molecule has 0 bridgehead atoms. The molecule has 152 valence electrons. The van der Waals surface area contributed by atoms with Gasteiger partial charge in [-0.2, -0.15) is 5.26 Å². The van der Waals surface area contributed by atoms with Gasteiger partial charge in [-0.1, -0.05) is 6.07 Å². The minimum absolute atomic E-state index is 0.0132. The molecule has 0 spiro atoms. The molecular formula is C23H27N3O3. The van der Waals surface area contributed by atoms with E-state index in [2.05, 4.69) is 24.1 Å². The molecule has 1 N–H and O–H groups in total. The number of amides is 1. The molecule has 2 rings (SSSR count).